The molecule has 112 valence electrons. The van der Waals surface area contributed by atoms with Gasteiger partial charge in [0.25, 0.3) is 0 Å². The topological polar surface area (TPSA) is 58.4 Å². The maximum Gasteiger partial charge on any atom is 0.238 e. The molecule has 3 unspecified atom stereocenters. The van der Waals surface area contributed by atoms with Crippen molar-refractivity contribution in [3.05, 3.63) is 0 Å². The van der Waals surface area contributed by atoms with Crippen LogP contribution in [0.2, 0.25) is 0 Å². The van der Waals surface area contributed by atoms with Gasteiger partial charge < -0.3 is 16.0 Å². The lowest BCUT2D eigenvalue weighted by Crippen LogP contribution is -2.56. The van der Waals surface area contributed by atoms with Gasteiger partial charge in [-0.05, 0) is 59.2 Å². The third kappa shape index (κ3) is 3.69. The van der Waals surface area contributed by atoms with E-state index in [-0.39, 0.29) is 5.91 Å². The van der Waals surface area contributed by atoms with Gasteiger partial charge in [-0.15, -0.1) is 0 Å². The summed E-state index contributed by atoms with van der Waals surface area (Å²) in [6.45, 7) is 5.54. The molecule has 19 heavy (non-hydrogen) atoms. The molecule has 0 aromatic carbocycles. The van der Waals surface area contributed by atoms with Crippen LogP contribution in [0, 0.1) is 5.92 Å². The van der Waals surface area contributed by atoms with Crippen molar-refractivity contribution in [2.24, 2.45) is 11.7 Å². The van der Waals surface area contributed by atoms with Gasteiger partial charge in [-0.3, -0.25) is 4.79 Å². The first-order valence-corrected chi connectivity index (χ1v) is 7.67. The minimum Gasteiger partial charge on any atom is -0.368 e. The zero-order valence-corrected chi connectivity index (χ0v) is 13.0. The van der Waals surface area contributed by atoms with E-state index in [0.29, 0.717) is 12.0 Å². The Morgan fingerprint density at radius 1 is 1.58 bits per heavy atom. The fourth-order valence-corrected chi connectivity index (χ4v) is 3.46. The minimum absolute atomic E-state index is 0.179. The highest BCUT2D eigenvalue weighted by Crippen LogP contribution is 2.37. The van der Waals surface area contributed by atoms with Crippen LogP contribution in [0.1, 0.15) is 52.4 Å². The second-order valence-electron chi connectivity index (χ2n) is 6.08. The minimum atomic E-state index is -0.463. The van der Waals surface area contributed by atoms with Crippen molar-refractivity contribution in [3.8, 4) is 0 Å². The average Bonchev–Trinajstić information content (AvgIpc) is 2.80. The number of carbonyl (C=O) groups excluding carboxylic acids is 1. The molecule has 4 heteroatoms. The molecule has 1 saturated carbocycles. The molecule has 0 aromatic heterocycles. The van der Waals surface area contributed by atoms with Gasteiger partial charge in [0, 0.05) is 6.04 Å². The normalized spacial score (nSPS) is 28.8. The predicted octanol–water partition coefficient (Wildman–Crippen LogP) is 1.74. The van der Waals surface area contributed by atoms with Gasteiger partial charge in [0.05, 0.1) is 0 Å². The van der Waals surface area contributed by atoms with E-state index < -0.39 is 5.54 Å². The summed E-state index contributed by atoms with van der Waals surface area (Å²) in [5.74, 6) is 0.202. The summed E-state index contributed by atoms with van der Waals surface area (Å²) in [5, 5.41) is 3.21. The summed E-state index contributed by atoms with van der Waals surface area (Å²) < 4.78 is 0. The van der Waals surface area contributed by atoms with E-state index in [1.807, 2.05) is 7.05 Å². The van der Waals surface area contributed by atoms with E-state index in [1.54, 1.807) is 0 Å². The fraction of sp³-hybridized carbons (Fsp3) is 0.933. The van der Waals surface area contributed by atoms with Gasteiger partial charge >= 0.3 is 0 Å². The van der Waals surface area contributed by atoms with Gasteiger partial charge in [0.15, 0.2) is 0 Å². The van der Waals surface area contributed by atoms with Crippen molar-refractivity contribution in [2.75, 3.05) is 20.6 Å². The van der Waals surface area contributed by atoms with Gasteiger partial charge in [-0.1, -0.05) is 19.8 Å². The zero-order valence-electron chi connectivity index (χ0n) is 13.0. The Bertz CT molecular complexity index is 295. The van der Waals surface area contributed by atoms with E-state index in [0.717, 1.165) is 32.2 Å². The van der Waals surface area contributed by atoms with Crippen molar-refractivity contribution in [1.29, 1.82) is 0 Å². The van der Waals surface area contributed by atoms with Crippen LogP contribution in [0.15, 0.2) is 0 Å². The van der Waals surface area contributed by atoms with Crippen LogP contribution in [-0.4, -0.2) is 43.0 Å². The van der Waals surface area contributed by atoms with Crippen LogP contribution in [0.25, 0.3) is 0 Å². The predicted molar refractivity (Wildman–Crippen MR) is 79.9 cm³/mol. The number of hydrogen-bond donors (Lipinski definition) is 2. The van der Waals surface area contributed by atoms with Crippen LogP contribution in [0.4, 0.5) is 0 Å². The highest BCUT2D eigenvalue weighted by molar-refractivity contribution is 5.85. The van der Waals surface area contributed by atoms with Gasteiger partial charge in [-0.2, -0.15) is 0 Å². The second-order valence-corrected chi connectivity index (χ2v) is 6.08. The lowest BCUT2D eigenvalue weighted by atomic mass is 9.84. The summed E-state index contributed by atoms with van der Waals surface area (Å²) in [7, 11) is 4.05. The average molecular weight is 269 g/mol. The van der Waals surface area contributed by atoms with Gasteiger partial charge in [0.2, 0.25) is 5.91 Å². The third-order valence-electron chi connectivity index (χ3n) is 5.00. The summed E-state index contributed by atoms with van der Waals surface area (Å²) in [6.07, 6.45) is 6.60. The monoisotopic (exact) mass is 269 g/mol. The number of nitrogens with one attached hydrogen (secondary N) is 1. The molecule has 3 atom stereocenters. The molecule has 1 amide bonds. The van der Waals surface area contributed by atoms with Crippen LogP contribution in [0.5, 0.6) is 0 Å². The molecule has 0 spiro atoms. The smallest absolute Gasteiger partial charge is 0.238 e. The highest BCUT2D eigenvalue weighted by Gasteiger charge is 2.46. The number of nitrogens with two attached hydrogens (primary N) is 1. The van der Waals surface area contributed by atoms with Crippen molar-refractivity contribution in [1.82, 2.24) is 10.2 Å². The first-order valence-electron chi connectivity index (χ1n) is 7.67. The molecule has 0 bridgehead atoms. The number of nitrogens with zero attached hydrogens (tertiary/aromatic N) is 1. The van der Waals surface area contributed by atoms with E-state index in [9.17, 15) is 4.79 Å². The Balaban J connectivity index is 2.54. The number of rotatable bonds is 8. The Hall–Kier alpha value is -0.610. The number of carbonyl (C=O) groups is 1. The first kappa shape index (κ1) is 16.4. The molecule has 4 nitrogen and oxygen atoms in total. The lowest BCUT2D eigenvalue weighted by molar-refractivity contribution is -0.125. The molecule has 1 fully saturated rings. The number of amides is 1. The summed E-state index contributed by atoms with van der Waals surface area (Å²) in [6, 6.07) is 0.615. The molecule has 3 N–H and O–H groups in total. The van der Waals surface area contributed by atoms with E-state index in [4.69, 9.17) is 5.73 Å². The zero-order chi connectivity index (χ0) is 14.5. The quantitative estimate of drug-likeness (QED) is 0.705. The van der Waals surface area contributed by atoms with E-state index >= 15 is 0 Å². The maximum atomic E-state index is 11.8. The third-order valence-corrected chi connectivity index (χ3v) is 5.00. The molecular weight excluding hydrogens is 238 g/mol. The summed E-state index contributed by atoms with van der Waals surface area (Å²) in [5.41, 5.74) is 5.17. The molecule has 0 saturated heterocycles. The summed E-state index contributed by atoms with van der Waals surface area (Å²) >= 11 is 0. The van der Waals surface area contributed by atoms with Crippen LogP contribution in [-0.2, 0) is 4.79 Å². The SMILES string of the molecule is CCCC(C)N(C)CCC1CCCC1(NC)C(N)=O. The number of hydrogen-bond acceptors (Lipinski definition) is 3. The molecule has 0 heterocycles. The van der Waals surface area contributed by atoms with E-state index in [2.05, 4.69) is 31.1 Å². The molecule has 0 radical (unpaired) electrons. The van der Waals surface area contributed by atoms with Crippen molar-refractivity contribution in [3.63, 3.8) is 0 Å². The van der Waals surface area contributed by atoms with Crippen LogP contribution >= 0.6 is 0 Å². The Morgan fingerprint density at radius 2 is 2.26 bits per heavy atom. The maximum absolute atomic E-state index is 11.8. The fourth-order valence-electron chi connectivity index (χ4n) is 3.46. The van der Waals surface area contributed by atoms with Gasteiger partial charge in [-0.25, -0.2) is 0 Å². The second kappa shape index (κ2) is 7.25. The largest absolute Gasteiger partial charge is 0.368 e. The number of primary amides is 1. The standard InChI is InChI=1S/C15H31N3O/c1-5-7-12(2)18(4)11-9-13-8-6-10-15(13,17-3)14(16)19/h12-13,17H,5-11H2,1-4H3,(H2,16,19). The van der Waals surface area contributed by atoms with E-state index in [1.165, 1.54) is 12.8 Å². The number of likely N-dealkylation sites (N-methyl/N-ethyl adjacent to an activating group) is 1. The molecule has 0 aliphatic heterocycles. The van der Waals surface area contributed by atoms with Crippen LogP contribution < -0.4 is 11.1 Å². The van der Waals surface area contributed by atoms with Crippen molar-refractivity contribution in [2.45, 2.75) is 64.0 Å². The lowest BCUT2D eigenvalue weighted by Gasteiger charge is -2.34. The van der Waals surface area contributed by atoms with Crippen molar-refractivity contribution < 1.29 is 4.79 Å². The Labute approximate surface area is 118 Å². The van der Waals surface area contributed by atoms with Crippen molar-refractivity contribution >= 4 is 5.91 Å². The van der Waals surface area contributed by atoms with Gasteiger partial charge in [0.1, 0.15) is 5.54 Å². The molecule has 1 rings (SSSR count). The van der Waals surface area contributed by atoms with Crippen LogP contribution in [0.3, 0.4) is 0 Å². The Kier molecular flexibility index (Phi) is 6.27. The summed E-state index contributed by atoms with van der Waals surface area (Å²) in [4.78, 5) is 14.2. The first-order chi connectivity index (χ1) is 8.97. The highest BCUT2D eigenvalue weighted by atomic mass is 16.1. The molecule has 1 aliphatic rings. The molecule has 1 aliphatic carbocycles. The molecule has 0 aromatic rings. The molecular formula is C15H31N3O. The Morgan fingerprint density at radius 3 is 2.79 bits per heavy atom.